The van der Waals surface area contributed by atoms with Crippen molar-refractivity contribution in [1.29, 1.82) is 0 Å². The molecule has 0 radical (unpaired) electrons. The molecule has 0 bridgehead atoms. The van der Waals surface area contributed by atoms with Crippen molar-refractivity contribution in [3.8, 4) is 5.75 Å². The average Bonchev–Trinajstić information content (AvgIpc) is 2.88. The second-order valence-corrected chi connectivity index (χ2v) is 10.2. The number of rotatable bonds is 8. The molecule has 2 N–H and O–H groups in total. The van der Waals surface area contributed by atoms with Crippen LogP contribution in [0.4, 0.5) is 11.4 Å². The number of amides is 2. The van der Waals surface area contributed by atoms with E-state index in [9.17, 15) is 9.59 Å². The van der Waals surface area contributed by atoms with Crippen molar-refractivity contribution in [3.63, 3.8) is 0 Å². The van der Waals surface area contributed by atoms with Crippen molar-refractivity contribution in [2.75, 3.05) is 17.7 Å². The topological polar surface area (TPSA) is 67.4 Å². The summed E-state index contributed by atoms with van der Waals surface area (Å²) < 4.78 is 5.39. The molecule has 1 aliphatic carbocycles. The van der Waals surface area contributed by atoms with E-state index in [0.29, 0.717) is 16.5 Å². The molecule has 1 atom stereocenters. The molecule has 0 spiro atoms. The fraction of sp³-hybridized carbons (Fsp3) is 0.286. The van der Waals surface area contributed by atoms with Crippen LogP contribution in [0.15, 0.2) is 77.7 Å². The number of halogens is 1. The third-order valence-corrected chi connectivity index (χ3v) is 7.57. The van der Waals surface area contributed by atoms with Crippen LogP contribution >= 0.6 is 23.4 Å². The van der Waals surface area contributed by atoms with Crippen molar-refractivity contribution < 1.29 is 14.3 Å². The van der Waals surface area contributed by atoms with Gasteiger partial charge in [-0.15, -0.1) is 11.8 Å². The van der Waals surface area contributed by atoms with Gasteiger partial charge in [0.1, 0.15) is 11.0 Å². The molecule has 1 aliphatic rings. The number of anilines is 2. The predicted molar refractivity (Wildman–Crippen MR) is 143 cm³/mol. The predicted octanol–water partition coefficient (Wildman–Crippen LogP) is 7.34. The van der Waals surface area contributed by atoms with E-state index >= 15 is 0 Å². The highest BCUT2D eigenvalue weighted by atomic mass is 35.5. The number of ether oxygens (including phenoxy) is 1. The Kier molecular flexibility index (Phi) is 8.72. The summed E-state index contributed by atoms with van der Waals surface area (Å²) in [5, 5.41) is 6.03. The lowest BCUT2D eigenvalue weighted by atomic mass is 9.88. The first kappa shape index (κ1) is 25.1. The number of methoxy groups -OCH3 is 1. The number of nitrogens with one attached hydrogen (secondary N) is 2. The molecule has 0 aliphatic heterocycles. The lowest BCUT2D eigenvalue weighted by molar-refractivity contribution is -0.120. The highest BCUT2D eigenvalue weighted by Gasteiger charge is 2.24. The van der Waals surface area contributed by atoms with Crippen LogP contribution in [-0.2, 0) is 9.59 Å². The van der Waals surface area contributed by atoms with Gasteiger partial charge in [-0.2, -0.15) is 0 Å². The van der Waals surface area contributed by atoms with Crippen LogP contribution in [0.3, 0.4) is 0 Å². The maximum Gasteiger partial charge on any atom is 0.242 e. The lowest BCUT2D eigenvalue weighted by Gasteiger charge is -2.21. The molecule has 7 heteroatoms. The average molecular weight is 509 g/mol. The van der Waals surface area contributed by atoms with Crippen LogP contribution in [0, 0.1) is 5.92 Å². The standard InChI is InChI=1S/C28H29ClN2O3S/c1-34-25-16-15-21(29)17-24(25)31-28(33)26(19-9-4-2-5-10-19)35-23-14-8-13-22(18-23)30-27(32)20-11-6-3-7-12-20/h2,4-5,8-10,13-18,20,26H,3,6-7,11-12H2,1H3,(H,30,32)(H,31,33). The Morgan fingerprint density at radius 1 is 0.943 bits per heavy atom. The third kappa shape index (κ3) is 6.80. The van der Waals surface area contributed by atoms with E-state index in [1.54, 1.807) is 25.3 Å². The van der Waals surface area contributed by atoms with Crippen molar-refractivity contribution in [2.24, 2.45) is 5.92 Å². The quantitative estimate of drug-likeness (QED) is 0.312. The van der Waals surface area contributed by atoms with E-state index < -0.39 is 5.25 Å². The van der Waals surface area contributed by atoms with Crippen LogP contribution in [0.25, 0.3) is 0 Å². The van der Waals surface area contributed by atoms with Crippen LogP contribution in [0.5, 0.6) is 5.75 Å². The second-order valence-electron chi connectivity index (χ2n) is 8.59. The highest BCUT2D eigenvalue weighted by Crippen LogP contribution is 2.38. The summed E-state index contributed by atoms with van der Waals surface area (Å²) in [5.41, 5.74) is 2.13. The summed E-state index contributed by atoms with van der Waals surface area (Å²) in [6.07, 6.45) is 5.32. The van der Waals surface area contributed by atoms with E-state index in [2.05, 4.69) is 10.6 Å². The molecule has 35 heavy (non-hydrogen) atoms. The summed E-state index contributed by atoms with van der Waals surface area (Å²) in [5.74, 6) is 0.498. The molecular weight excluding hydrogens is 480 g/mol. The monoisotopic (exact) mass is 508 g/mol. The Hall–Kier alpha value is -2.96. The van der Waals surface area contributed by atoms with Gasteiger partial charge < -0.3 is 15.4 Å². The first-order valence-electron chi connectivity index (χ1n) is 11.8. The van der Waals surface area contributed by atoms with Gasteiger partial charge in [-0.1, -0.05) is 67.3 Å². The van der Waals surface area contributed by atoms with Gasteiger partial charge in [-0.05, 0) is 54.8 Å². The van der Waals surface area contributed by atoms with Gasteiger partial charge in [0, 0.05) is 21.5 Å². The summed E-state index contributed by atoms with van der Waals surface area (Å²) in [6.45, 7) is 0. The zero-order valence-electron chi connectivity index (χ0n) is 19.6. The van der Waals surface area contributed by atoms with E-state index in [1.165, 1.54) is 18.2 Å². The molecular formula is C28H29ClN2O3S. The maximum atomic E-state index is 13.5. The number of carbonyl (C=O) groups excluding carboxylic acids is 2. The summed E-state index contributed by atoms with van der Waals surface area (Å²) >= 11 is 7.58. The van der Waals surface area contributed by atoms with Gasteiger partial charge >= 0.3 is 0 Å². The van der Waals surface area contributed by atoms with E-state index in [1.807, 2.05) is 54.6 Å². The molecule has 3 aromatic carbocycles. The summed E-state index contributed by atoms with van der Waals surface area (Å²) in [7, 11) is 1.55. The minimum absolute atomic E-state index is 0.0792. The van der Waals surface area contributed by atoms with Gasteiger partial charge in [-0.25, -0.2) is 0 Å². The molecule has 182 valence electrons. The van der Waals surface area contributed by atoms with Gasteiger partial charge in [-0.3, -0.25) is 9.59 Å². The van der Waals surface area contributed by atoms with Gasteiger partial charge in [0.05, 0.1) is 12.8 Å². The fourth-order valence-corrected chi connectivity index (χ4v) is 5.52. The zero-order chi connectivity index (χ0) is 24.6. The van der Waals surface area contributed by atoms with E-state index in [4.69, 9.17) is 16.3 Å². The normalized spacial score (nSPS) is 14.7. The Bertz CT molecular complexity index is 1170. The summed E-state index contributed by atoms with van der Waals surface area (Å²) in [6, 6.07) is 22.4. The SMILES string of the molecule is COc1ccc(Cl)cc1NC(=O)C(Sc1cccc(NC(=O)C2CCCCC2)c1)c1ccccc1. The minimum atomic E-state index is -0.524. The molecule has 5 nitrogen and oxygen atoms in total. The number of thioether (sulfide) groups is 1. The maximum absolute atomic E-state index is 13.5. The molecule has 0 aromatic heterocycles. The Morgan fingerprint density at radius 3 is 2.46 bits per heavy atom. The fourth-order valence-electron chi connectivity index (χ4n) is 4.27. The first-order valence-corrected chi connectivity index (χ1v) is 13.1. The van der Waals surface area contributed by atoms with Gasteiger partial charge in [0.2, 0.25) is 11.8 Å². The number of hydrogen-bond donors (Lipinski definition) is 2. The molecule has 3 aromatic rings. The number of carbonyl (C=O) groups is 2. The zero-order valence-corrected chi connectivity index (χ0v) is 21.2. The van der Waals surface area contributed by atoms with Crippen molar-refractivity contribution >= 4 is 46.6 Å². The minimum Gasteiger partial charge on any atom is -0.495 e. The van der Waals surface area contributed by atoms with Crippen LogP contribution < -0.4 is 15.4 Å². The molecule has 4 rings (SSSR count). The van der Waals surface area contributed by atoms with Crippen LogP contribution in [0.2, 0.25) is 5.02 Å². The molecule has 1 fully saturated rings. The number of benzene rings is 3. The Balaban J connectivity index is 1.53. The van der Waals surface area contributed by atoms with Crippen LogP contribution in [0.1, 0.15) is 42.9 Å². The van der Waals surface area contributed by atoms with Crippen molar-refractivity contribution in [2.45, 2.75) is 42.2 Å². The third-order valence-electron chi connectivity index (χ3n) is 6.09. The molecule has 0 heterocycles. The first-order chi connectivity index (χ1) is 17.0. The lowest BCUT2D eigenvalue weighted by Crippen LogP contribution is -2.24. The van der Waals surface area contributed by atoms with Gasteiger partial charge in [0.25, 0.3) is 0 Å². The Labute approximate surface area is 215 Å². The Morgan fingerprint density at radius 2 is 1.71 bits per heavy atom. The van der Waals surface area contributed by atoms with Gasteiger partial charge in [0.15, 0.2) is 0 Å². The second kappa shape index (κ2) is 12.1. The van der Waals surface area contributed by atoms with Crippen molar-refractivity contribution in [1.82, 2.24) is 0 Å². The summed E-state index contributed by atoms with van der Waals surface area (Å²) in [4.78, 5) is 27.1. The molecule has 1 saturated carbocycles. The van der Waals surface area contributed by atoms with Crippen LogP contribution in [-0.4, -0.2) is 18.9 Å². The highest BCUT2D eigenvalue weighted by molar-refractivity contribution is 8.00. The van der Waals surface area contributed by atoms with E-state index in [-0.39, 0.29) is 17.7 Å². The van der Waals surface area contributed by atoms with Crippen molar-refractivity contribution in [3.05, 3.63) is 83.4 Å². The largest absolute Gasteiger partial charge is 0.495 e. The molecule has 1 unspecified atom stereocenters. The number of hydrogen-bond acceptors (Lipinski definition) is 4. The van der Waals surface area contributed by atoms with E-state index in [0.717, 1.165) is 41.8 Å². The smallest absolute Gasteiger partial charge is 0.242 e. The molecule has 2 amide bonds. The molecule has 0 saturated heterocycles.